The summed E-state index contributed by atoms with van der Waals surface area (Å²) in [5.74, 6) is 0. The molecule has 3 unspecified atom stereocenters. The van der Waals surface area contributed by atoms with Crippen molar-refractivity contribution in [3.05, 3.63) is 0 Å². The van der Waals surface area contributed by atoms with E-state index in [1.807, 2.05) is 4.90 Å². The highest BCUT2D eigenvalue weighted by Crippen LogP contribution is 2.46. The van der Waals surface area contributed by atoms with E-state index in [1.165, 1.54) is 43.6 Å². The lowest BCUT2D eigenvalue weighted by Crippen LogP contribution is -3.23. The number of likely N-dealkylation sites (N-methyl/N-ethyl adjacent to an activating group) is 1. The minimum absolute atomic E-state index is 0.800. The summed E-state index contributed by atoms with van der Waals surface area (Å²) in [5, 5.41) is 0. The van der Waals surface area contributed by atoms with Crippen molar-refractivity contribution in [2.24, 2.45) is 0 Å². The zero-order valence-electron chi connectivity index (χ0n) is 6.69. The fourth-order valence-corrected chi connectivity index (χ4v) is 3.39. The van der Waals surface area contributed by atoms with Crippen LogP contribution in [0.2, 0.25) is 0 Å². The maximum atomic E-state index is 2.36. The molecule has 3 aliphatic rings. The van der Waals surface area contributed by atoms with E-state index in [1.54, 1.807) is 0 Å². The maximum Gasteiger partial charge on any atom is 0.280 e. The molecule has 3 atom stereocenters. The van der Waals surface area contributed by atoms with Gasteiger partial charge in [-0.05, 0) is 6.92 Å². The zero-order valence-corrected chi connectivity index (χ0v) is 6.69. The van der Waals surface area contributed by atoms with Crippen LogP contribution in [0.1, 0.15) is 13.3 Å². The first-order valence-electron chi connectivity index (χ1n) is 4.54. The van der Waals surface area contributed by atoms with Crippen molar-refractivity contribution in [2.75, 3.05) is 32.7 Å². The Bertz CT molecular complexity index is 180. The van der Waals surface area contributed by atoms with Crippen LogP contribution in [0, 0.1) is 0 Å². The molecule has 0 bridgehead atoms. The fraction of sp³-hybridized carbons (Fsp3) is 1.00. The molecule has 0 aromatic rings. The van der Waals surface area contributed by atoms with E-state index in [-0.39, 0.29) is 0 Å². The Morgan fingerprint density at radius 3 is 2.70 bits per heavy atom. The molecular weight excluding hydrogens is 124 g/mol. The molecule has 0 aromatic heterocycles. The largest absolute Gasteiger partial charge is 0.280 e. The third-order valence-electron chi connectivity index (χ3n) is 4.31. The molecule has 3 fully saturated rings. The zero-order chi connectivity index (χ0) is 6.82. The Morgan fingerprint density at radius 2 is 2.40 bits per heavy atom. The molecule has 3 rings (SSSR count). The average Bonchev–Trinajstić information content (AvgIpc) is 2.55. The van der Waals surface area contributed by atoms with Crippen molar-refractivity contribution in [1.82, 2.24) is 0 Å². The van der Waals surface area contributed by atoms with Gasteiger partial charge < -0.3 is 0 Å². The summed E-state index contributed by atoms with van der Waals surface area (Å²) in [5.41, 5.74) is 0.800. The highest BCUT2D eigenvalue weighted by atomic mass is 15.7. The average molecular weight is 140 g/mol. The van der Waals surface area contributed by atoms with Crippen LogP contribution in [0.5, 0.6) is 0 Å². The van der Waals surface area contributed by atoms with Crippen molar-refractivity contribution in [2.45, 2.75) is 19.0 Å². The number of rotatable bonds is 1. The first-order chi connectivity index (χ1) is 4.83. The predicted octanol–water partition coefficient (Wildman–Crippen LogP) is -1.16. The molecule has 1 N–H and O–H groups in total. The summed E-state index contributed by atoms with van der Waals surface area (Å²) in [7, 11) is 0. The van der Waals surface area contributed by atoms with Crippen LogP contribution in [-0.2, 0) is 0 Å². The SMILES string of the molecule is CC[N+]12CC[NH+]3CCC31C2. The lowest BCUT2D eigenvalue weighted by Gasteiger charge is -2.29. The molecule has 3 saturated heterocycles. The molecule has 0 saturated carbocycles. The Hall–Kier alpha value is -0.0800. The van der Waals surface area contributed by atoms with Crippen LogP contribution in [0.25, 0.3) is 0 Å². The molecule has 3 aliphatic heterocycles. The Labute approximate surface area is 62.0 Å². The Balaban J connectivity index is 1.96. The third-order valence-corrected chi connectivity index (χ3v) is 4.31. The van der Waals surface area contributed by atoms with Gasteiger partial charge in [0.2, 0.25) is 0 Å². The first-order valence-corrected chi connectivity index (χ1v) is 4.54. The van der Waals surface area contributed by atoms with Gasteiger partial charge >= 0.3 is 0 Å². The van der Waals surface area contributed by atoms with E-state index in [9.17, 15) is 0 Å². The second-order valence-corrected chi connectivity index (χ2v) is 4.23. The summed E-state index contributed by atoms with van der Waals surface area (Å²) in [6.07, 6.45) is 1.52. The molecule has 0 amide bonds. The van der Waals surface area contributed by atoms with Crippen LogP contribution in [0.3, 0.4) is 0 Å². The van der Waals surface area contributed by atoms with Gasteiger partial charge in [0.25, 0.3) is 5.66 Å². The standard InChI is InChI=1S/C8H15N2/c1-2-10-6-5-9-4-3-8(9,10)7-10/h2-7H2,1H3/q+1/p+1. The smallest absolute Gasteiger partial charge is 0.273 e. The molecule has 1 spiro atoms. The van der Waals surface area contributed by atoms with Crippen LogP contribution in [-0.4, -0.2) is 42.9 Å². The minimum atomic E-state index is 0.800. The van der Waals surface area contributed by atoms with Gasteiger partial charge in [-0.1, -0.05) is 0 Å². The van der Waals surface area contributed by atoms with Gasteiger partial charge in [-0.15, -0.1) is 0 Å². The fourth-order valence-electron chi connectivity index (χ4n) is 3.39. The summed E-state index contributed by atoms with van der Waals surface area (Å²) in [4.78, 5) is 1.93. The highest BCUT2D eigenvalue weighted by Gasteiger charge is 2.84. The second-order valence-electron chi connectivity index (χ2n) is 4.23. The van der Waals surface area contributed by atoms with Crippen LogP contribution >= 0.6 is 0 Å². The monoisotopic (exact) mass is 140 g/mol. The molecule has 0 aromatic carbocycles. The number of nitrogens with one attached hydrogen (secondary N) is 1. The number of hydrogen-bond donors (Lipinski definition) is 1. The van der Waals surface area contributed by atoms with Gasteiger partial charge in [0.15, 0.2) is 6.54 Å². The third kappa shape index (κ3) is 0.330. The molecular formula is C8H16N2+2. The van der Waals surface area contributed by atoms with E-state index in [0.29, 0.717) is 0 Å². The van der Waals surface area contributed by atoms with Gasteiger partial charge in [0, 0.05) is 0 Å². The van der Waals surface area contributed by atoms with Crippen molar-refractivity contribution >= 4 is 0 Å². The lowest BCUT2D eigenvalue weighted by atomic mass is 10.1. The van der Waals surface area contributed by atoms with Crippen molar-refractivity contribution in [1.29, 1.82) is 0 Å². The van der Waals surface area contributed by atoms with Gasteiger partial charge in [-0.3, -0.25) is 9.38 Å². The van der Waals surface area contributed by atoms with Crippen LogP contribution in [0.4, 0.5) is 0 Å². The van der Waals surface area contributed by atoms with E-state index >= 15 is 0 Å². The van der Waals surface area contributed by atoms with Gasteiger partial charge in [0.1, 0.15) is 19.5 Å². The molecule has 2 heteroatoms. The maximum absolute atomic E-state index is 2.36. The normalized spacial score (nSPS) is 62.7. The quantitative estimate of drug-likeness (QED) is 0.346. The summed E-state index contributed by atoms with van der Waals surface area (Å²) < 4.78 is 1.49. The van der Waals surface area contributed by atoms with Gasteiger partial charge in [0.05, 0.1) is 13.1 Å². The Morgan fingerprint density at radius 1 is 1.50 bits per heavy atom. The predicted molar refractivity (Wildman–Crippen MR) is 38.6 cm³/mol. The van der Waals surface area contributed by atoms with Gasteiger partial charge in [-0.2, -0.15) is 0 Å². The molecule has 3 heterocycles. The van der Waals surface area contributed by atoms with Crippen LogP contribution in [0.15, 0.2) is 0 Å². The van der Waals surface area contributed by atoms with E-state index < -0.39 is 0 Å². The topological polar surface area (TPSA) is 4.44 Å². The van der Waals surface area contributed by atoms with E-state index in [0.717, 1.165) is 5.66 Å². The lowest BCUT2D eigenvalue weighted by molar-refractivity contribution is -1.04. The first kappa shape index (κ1) is 5.56. The van der Waals surface area contributed by atoms with Crippen molar-refractivity contribution in [3.8, 4) is 0 Å². The van der Waals surface area contributed by atoms with E-state index in [2.05, 4.69) is 6.92 Å². The number of hydrogen-bond acceptors (Lipinski definition) is 0. The molecule has 56 valence electrons. The number of nitrogens with zero attached hydrogens (tertiary/aromatic N) is 1. The summed E-state index contributed by atoms with van der Waals surface area (Å²) in [6.45, 7) is 9.68. The van der Waals surface area contributed by atoms with E-state index in [4.69, 9.17) is 0 Å². The Kier molecular flexibility index (Phi) is 0.710. The summed E-state index contributed by atoms with van der Waals surface area (Å²) in [6, 6.07) is 0. The highest BCUT2D eigenvalue weighted by molar-refractivity contribution is 4.92. The molecule has 0 aliphatic carbocycles. The minimum Gasteiger partial charge on any atom is -0.273 e. The van der Waals surface area contributed by atoms with Crippen LogP contribution < -0.4 is 4.90 Å². The van der Waals surface area contributed by atoms with Crippen molar-refractivity contribution in [3.63, 3.8) is 0 Å². The second kappa shape index (κ2) is 1.28. The van der Waals surface area contributed by atoms with Gasteiger partial charge in [-0.25, -0.2) is 0 Å². The van der Waals surface area contributed by atoms with Crippen molar-refractivity contribution < 1.29 is 9.38 Å². The molecule has 2 nitrogen and oxygen atoms in total. The molecule has 0 radical (unpaired) electrons. The summed E-state index contributed by atoms with van der Waals surface area (Å²) >= 11 is 0. The number of quaternary nitrogens is 2. The molecule has 10 heavy (non-hydrogen) atoms. The number of piperazine rings is 1.